The molecule has 0 saturated carbocycles. The van der Waals surface area contributed by atoms with Gasteiger partial charge in [-0.3, -0.25) is 0 Å². The Morgan fingerprint density at radius 3 is 2.86 bits per heavy atom. The molecule has 2 aromatic rings. The van der Waals surface area contributed by atoms with E-state index in [0.717, 1.165) is 10.0 Å². The van der Waals surface area contributed by atoms with Gasteiger partial charge < -0.3 is 5.11 Å². The number of nitrogens with zero attached hydrogens (tertiary/aromatic N) is 4. The quantitative estimate of drug-likeness (QED) is 0.892. The Hall–Kier alpha value is -0.790. The Balaban J connectivity index is 2.33. The predicted molar refractivity (Wildman–Crippen MR) is 54.9 cm³/mol. The van der Waals surface area contributed by atoms with Gasteiger partial charge in [0.05, 0.1) is 7.05 Å². The fraction of sp³-hybridized carbons (Fsp3) is 0.286. The third-order valence-electron chi connectivity index (χ3n) is 1.71. The lowest BCUT2D eigenvalue weighted by atomic mass is 10.2. The van der Waals surface area contributed by atoms with Crippen molar-refractivity contribution in [3.8, 4) is 0 Å². The number of hydrogen-bond acceptors (Lipinski definition) is 5. The average Bonchev–Trinajstić information content (AvgIpc) is 2.73. The molecule has 1 N–H and O–H groups in total. The summed E-state index contributed by atoms with van der Waals surface area (Å²) in [6.07, 6.45) is -0.815. The second-order valence-electron chi connectivity index (χ2n) is 2.71. The molecule has 7 heteroatoms. The van der Waals surface area contributed by atoms with Crippen molar-refractivity contribution in [3.05, 3.63) is 26.6 Å². The highest BCUT2D eigenvalue weighted by atomic mass is 79.9. The molecule has 0 aliphatic carbocycles. The van der Waals surface area contributed by atoms with E-state index in [1.807, 2.05) is 10.8 Å². The molecule has 2 rings (SSSR count). The molecule has 14 heavy (non-hydrogen) atoms. The highest BCUT2D eigenvalue weighted by Gasteiger charge is 2.18. The number of rotatable bonds is 2. The Labute approximate surface area is 92.5 Å². The van der Waals surface area contributed by atoms with Crippen molar-refractivity contribution < 1.29 is 5.11 Å². The molecule has 5 nitrogen and oxygen atoms in total. The maximum atomic E-state index is 9.87. The van der Waals surface area contributed by atoms with Gasteiger partial charge in [0, 0.05) is 15.4 Å². The summed E-state index contributed by atoms with van der Waals surface area (Å²) >= 11 is 4.84. The summed E-state index contributed by atoms with van der Waals surface area (Å²) in [7, 11) is 1.66. The van der Waals surface area contributed by atoms with Crippen LogP contribution in [0.3, 0.4) is 0 Å². The molecule has 0 spiro atoms. The van der Waals surface area contributed by atoms with E-state index in [1.165, 1.54) is 16.1 Å². The average molecular weight is 275 g/mol. The lowest BCUT2D eigenvalue weighted by Gasteiger charge is -2.03. The highest BCUT2D eigenvalue weighted by molar-refractivity contribution is 9.10. The Bertz CT molecular complexity index is 440. The van der Waals surface area contributed by atoms with E-state index < -0.39 is 6.10 Å². The molecule has 74 valence electrons. The van der Waals surface area contributed by atoms with Crippen LogP contribution < -0.4 is 0 Å². The van der Waals surface area contributed by atoms with Crippen molar-refractivity contribution in [1.29, 1.82) is 0 Å². The number of aromatic nitrogens is 4. The predicted octanol–water partition coefficient (Wildman–Crippen LogP) is 1.12. The van der Waals surface area contributed by atoms with E-state index in [1.54, 1.807) is 7.05 Å². The lowest BCUT2D eigenvalue weighted by Crippen LogP contribution is -2.02. The lowest BCUT2D eigenvalue weighted by molar-refractivity contribution is 0.209. The molecule has 0 saturated heterocycles. The van der Waals surface area contributed by atoms with Gasteiger partial charge in [0.2, 0.25) is 5.82 Å². The summed E-state index contributed by atoms with van der Waals surface area (Å²) in [6.45, 7) is 0. The van der Waals surface area contributed by atoms with E-state index in [0.29, 0.717) is 5.82 Å². The van der Waals surface area contributed by atoms with E-state index in [9.17, 15) is 5.11 Å². The minimum absolute atomic E-state index is 0.312. The molecular weight excluding hydrogens is 268 g/mol. The molecule has 2 aromatic heterocycles. The molecule has 0 fully saturated rings. The van der Waals surface area contributed by atoms with E-state index >= 15 is 0 Å². The minimum atomic E-state index is -0.815. The second kappa shape index (κ2) is 3.76. The summed E-state index contributed by atoms with van der Waals surface area (Å²) < 4.78 is 0.863. The zero-order valence-corrected chi connectivity index (χ0v) is 9.66. The van der Waals surface area contributed by atoms with Gasteiger partial charge in [0.25, 0.3) is 0 Å². The van der Waals surface area contributed by atoms with Crippen LogP contribution in [0, 0.1) is 0 Å². The monoisotopic (exact) mass is 274 g/mol. The second-order valence-corrected chi connectivity index (χ2v) is 4.31. The van der Waals surface area contributed by atoms with Crippen molar-refractivity contribution in [2.45, 2.75) is 6.10 Å². The standard InChI is InChI=1S/C7H7BrN4OS/c1-12-10-7(9-11-12)6(13)4-2-14-3-5(4)8/h2-3,6,13H,1H3. The molecule has 0 radical (unpaired) electrons. The third kappa shape index (κ3) is 1.70. The van der Waals surface area contributed by atoms with Crippen LogP contribution in [0.15, 0.2) is 15.2 Å². The largest absolute Gasteiger partial charge is 0.380 e. The first-order chi connectivity index (χ1) is 6.68. The van der Waals surface area contributed by atoms with Gasteiger partial charge in [-0.2, -0.15) is 16.1 Å². The first-order valence-corrected chi connectivity index (χ1v) is 5.55. The molecule has 2 heterocycles. The van der Waals surface area contributed by atoms with Crippen LogP contribution in [0.25, 0.3) is 0 Å². The van der Waals surface area contributed by atoms with Crippen LogP contribution >= 0.6 is 27.3 Å². The molecule has 0 bridgehead atoms. The topological polar surface area (TPSA) is 63.8 Å². The summed E-state index contributed by atoms with van der Waals surface area (Å²) in [5.41, 5.74) is 0.767. The number of aliphatic hydroxyl groups is 1. The van der Waals surface area contributed by atoms with Crippen LogP contribution in [0.1, 0.15) is 17.5 Å². The maximum absolute atomic E-state index is 9.87. The van der Waals surface area contributed by atoms with E-state index in [2.05, 4.69) is 31.3 Å². The zero-order chi connectivity index (χ0) is 10.1. The molecule has 0 aliphatic heterocycles. The maximum Gasteiger partial charge on any atom is 0.207 e. The van der Waals surface area contributed by atoms with Crippen molar-refractivity contribution in [2.24, 2.45) is 7.05 Å². The first-order valence-electron chi connectivity index (χ1n) is 3.82. The third-order valence-corrected chi connectivity index (χ3v) is 3.46. The van der Waals surface area contributed by atoms with Crippen molar-refractivity contribution in [2.75, 3.05) is 0 Å². The van der Waals surface area contributed by atoms with Gasteiger partial charge in [-0.05, 0) is 26.5 Å². The van der Waals surface area contributed by atoms with Crippen LogP contribution in [0.2, 0.25) is 0 Å². The first kappa shape index (κ1) is 9.75. The Morgan fingerprint density at radius 1 is 1.57 bits per heavy atom. The number of thiophene rings is 1. The van der Waals surface area contributed by atoms with Gasteiger partial charge in [0.15, 0.2) is 0 Å². The van der Waals surface area contributed by atoms with Gasteiger partial charge in [-0.1, -0.05) is 0 Å². The number of halogens is 1. The molecule has 0 aromatic carbocycles. The normalized spacial score (nSPS) is 13.1. The SMILES string of the molecule is Cn1nnc(C(O)c2cscc2Br)n1. The number of aliphatic hydroxyl groups excluding tert-OH is 1. The number of tetrazole rings is 1. The zero-order valence-electron chi connectivity index (χ0n) is 7.25. The molecular formula is C7H7BrN4OS. The van der Waals surface area contributed by atoms with E-state index in [-0.39, 0.29) is 0 Å². The Kier molecular flexibility index (Phi) is 2.62. The summed E-state index contributed by atoms with van der Waals surface area (Å²) in [6, 6.07) is 0. The van der Waals surface area contributed by atoms with Crippen molar-refractivity contribution in [1.82, 2.24) is 20.2 Å². The molecule has 1 atom stereocenters. The van der Waals surface area contributed by atoms with E-state index in [4.69, 9.17) is 0 Å². The van der Waals surface area contributed by atoms with Crippen LogP contribution in [-0.2, 0) is 7.05 Å². The van der Waals surface area contributed by atoms with Crippen molar-refractivity contribution in [3.63, 3.8) is 0 Å². The fourth-order valence-corrected chi connectivity index (χ4v) is 2.57. The number of aryl methyl sites for hydroxylation is 1. The van der Waals surface area contributed by atoms with Gasteiger partial charge in [-0.25, -0.2) is 0 Å². The molecule has 0 amide bonds. The molecule has 0 aliphatic rings. The number of hydrogen-bond donors (Lipinski definition) is 1. The summed E-state index contributed by atoms with van der Waals surface area (Å²) in [5, 5.41) is 25.0. The molecule has 1 unspecified atom stereocenters. The van der Waals surface area contributed by atoms with Crippen LogP contribution in [-0.4, -0.2) is 25.3 Å². The van der Waals surface area contributed by atoms with Crippen LogP contribution in [0.5, 0.6) is 0 Å². The smallest absolute Gasteiger partial charge is 0.207 e. The van der Waals surface area contributed by atoms with Crippen molar-refractivity contribution >= 4 is 27.3 Å². The fourth-order valence-electron chi connectivity index (χ4n) is 1.03. The summed E-state index contributed by atoms with van der Waals surface area (Å²) in [4.78, 5) is 1.32. The van der Waals surface area contributed by atoms with Gasteiger partial charge in [0.1, 0.15) is 6.10 Å². The highest BCUT2D eigenvalue weighted by Crippen LogP contribution is 2.29. The van der Waals surface area contributed by atoms with Gasteiger partial charge in [-0.15, -0.1) is 10.2 Å². The van der Waals surface area contributed by atoms with Gasteiger partial charge >= 0.3 is 0 Å². The summed E-state index contributed by atoms with van der Waals surface area (Å²) in [5.74, 6) is 0.312. The Morgan fingerprint density at radius 2 is 2.36 bits per heavy atom. The van der Waals surface area contributed by atoms with Crippen LogP contribution in [0.4, 0.5) is 0 Å². The minimum Gasteiger partial charge on any atom is -0.380 e.